The number of hydrogen-bond donors (Lipinski definition) is 1. The molecule has 0 fully saturated rings. The summed E-state index contributed by atoms with van der Waals surface area (Å²) in [4.78, 5) is 22.5. The third-order valence-electron chi connectivity index (χ3n) is 7.41. The first-order valence-corrected chi connectivity index (χ1v) is 16.7. The maximum atomic E-state index is 13.3. The van der Waals surface area contributed by atoms with Crippen molar-refractivity contribution in [2.45, 2.75) is 104 Å². The van der Waals surface area contributed by atoms with Gasteiger partial charge in [0.25, 0.3) is 5.91 Å². The molecule has 0 aliphatic carbocycles. The summed E-state index contributed by atoms with van der Waals surface area (Å²) in [5.74, 6) is 0.993. The van der Waals surface area contributed by atoms with Crippen LogP contribution in [0.2, 0.25) is 0 Å². The number of benzene rings is 2. The van der Waals surface area contributed by atoms with Crippen molar-refractivity contribution in [1.82, 2.24) is 25.5 Å². The summed E-state index contributed by atoms with van der Waals surface area (Å²) in [6, 6.07) is 15.4. The monoisotopic (exact) mass is 625 g/mol. The van der Waals surface area contributed by atoms with E-state index < -0.39 is 11.6 Å². The summed E-state index contributed by atoms with van der Waals surface area (Å²) < 4.78 is 6.11. The van der Waals surface area contributed by atoms with Gasteiger partial charge >= 0.3 is 0 Å². The number of amides is 1. The zero-order valence-electron chi connectivity index (χ0n) is 27.8. The van der Waals surface area contributed by atoms with Crippen molar-refractivity contribution in [1.29, 1.82) is 0 Å². The smallest absolute Gasteiger partial charge is 0.251 e. The second-order valence-corrected chi connectivity index (χ2v) is 14.6. The number of nitrogens with zero attached hydrogens (tertiary/aromatic N) is 4. The number of nitrogens with one attached hydrogen (secondary N) is 1. The normalized spacial score (nSPS) is 12.5. The minimum absolute atomic E-state index is 0.0156. The Labute approximate surface area is 272 Å². The van der Waals surface area contributed by atoms with E-state index in [1.165, 1.54) is 24.8 Å². The zero-order valence-corrected chi connectivity index (χ0v) is 28.6. The van der Waals surface area contributed by atoms with Crippen molar-refractivity contribution in [3.8, 4) is 22.0 Å². The molecule has 8 heteroatoms. The Morgan fingerprint density at radius 2 is 1.56 bits per heavy atom. The van der Waals surface area contributed by atoms with Crippen LogP contribution < -0.4 is 5.32 Å². The number of carbonyl (C=O) groups excluding carboxylic acids is 1. The van der Waals surface area contributed by atoms with Crippen molar-refractivity contribution < 1.29 is 9.53 Å². The molecule has 1 atom stereocenters. The first kappa shape index (κ1) is 34.0. The van der Waals surface area contributed by atoms with Crippen molar-refractivity contribution in [3.63, 3.8) is 0 Å². The predicted octanol–water partition coefficient (Wildman–Crippen LogP) is 8.75. The summed E-state index contributed by atoms with van der Waals surface area (Å²) in [7, 11) is 0. The maximum Gasteiger partial charge on any atom is 0.251 e. The molecule has 4 rings (SSSR count). The third kappa shape index (κ3) is 10.0. The largest absolute Gasteiger partial charge is 0.491 e. The lowest BCUT2D eigenvalue weighted by molar-refractivity contribution is 0.0390. The van der Waals surface area contributed by atoms with E-state index in [1.54, 1.807) is 11.3 Å². The molecular weight excluding hydrogens is 579 g/mol. The lowest BCUT2D eigenvalue weighted by atomic mass is 9.86. The van der Waals surface area contributed by atoms with E-state index in [4.69, 9.17) is 4.74 Å². The molecule has 0 aliphatic heterocycles. The van der Waals surface area contributed by atoms with Gasteiger partial charge in [0.2, 0.25) is 0 Å². The molecule has 1 N–H and O–H groups in total. The van der Waals surface area contributed by atoms with E-state index in [-0.39, 0.29) is 11.3 Å². The van der Waals surface area contributed by atoms with Crippen LogP contribution in [0.5, 0.6) is 0 Å². The highest BCUT2D eigenvalue weighted by atomic mass is 32.1. The highest BCUT2D eigenvalue weighted by Gasteiger charge is 2.23. The highest BCUT2D eigenvalue weighted by molar-refractivity contribution is 7.14. The first-order valence-electron chi connectivity index (χ1n) is 15.9. The maximum absolute atomic E-state index is 13.3. The molecule has 1 amide bonds. The van der Waals surface area contributed by atoms with Gasteiger partial charge in [-0.25, -0.2) is 9.97 Å². The summed E-state index contributed by atoms with van der Waals surface area (Å²) in [5.41, 5.74) is 4.17. The number of rotatable bonds is 13. The minimum atomic E-state index is -0.438. The summed E-state index contributed by atoms with van der Waals surface area (Å²) >= 11 is 1.61. The Bertz CT molecular complexity index is 1550. The molecule has 238 valence electrons. The number of ether oxygens (including phenoxy) is 1. The van der Waals surface area contributed by atoms with Crippen LogP contribution in [-0.2, 0) is 23.0 Å². The third-order valence-corrected chi connectivity index (χ3v) is 8.44. The van der Waals surface area contributed by atoms with Crippen LogP contribution in [0.25, 0.3) is 22.0 Å². The van der Waals surface area contributed by atoms with E-state index in [0.29, 0.717) is 23.6 Å². The van der Waals surface area contributed by atoms with Crippen LogP contribution in [0.1, 0.15) is 101 Å². The van der Waals surface area contributed by atoms with Crippen molar-refractivity contribution in [3.05, 3.63) is 95.0 Å². The van der Waals surface area contributed by atoms with Gasteiger partial charge in [0.15, 0.2) is 10.8 Å². The van der Waals surface area contributed by atoms with E-state index in [9.17, 15) is 4.79 Å². The molecule has 2 heterocycles. The second kappa shape index (κ2) is 14.9. The van der Waals surface area contributed by atoms with Crippen LogP contribution in [0.3, 0.4) is 0 Å². The topological polar surface area (TPSA) is 89.9 Å². The molecule has 2 aromatic carbocycles. The van der Waals surface area contributed by atoms with Crippen LogP contribution in [0.15, 0.2) is 73.3 Å². The fraction of sp³-hybridized carbons (Fsp3) is 0.432. The fourth-order valence-electron chi connectivity index (χ4n) is 4.86. The molecule has 0 saturated heterocycles. The SMILES string of the molecule is C=C(OC(C)(C)C)[C@H](Cc1ccc(-c2ncc(-c3nnc(CCCCCC)s3)cn2)cc1)NC(=O)c1ccc(C(C)(C)C)cc1. The van der Waals surface area contributed by atoms with E-state index in [0.717, 1.165) is 39.5 Å². The molecule has 4 aromatic rings. The zero-order chi connectivity index (χ0) is 32.6. The Balaban J connectivity index is 1.43. The lowest BCUT2D eigenvalue weighted by Crippen LogP contribution is -2.40. The molecule has 0 spiro atoms. The van der Waals surface area contributed by atoms with Gasteiger partial charge in [-0.15, -0.1) is 10.2 Å². The van der Waals surface area contributed by atoms with E-state index in [1.807, 2.05) is 81.7 Å². The van der Waals surface area contributed by atoms with Crippen molar-refractivity contribution in [2.24, 2.45) is 0 Å². The molecule has 0 unspecified atom stereocenters. The van der Waals surface area contributed by atoms with Crippen LogP contribution >= 0.6 is 11.3 Å². The molecule has 2 aromatic heterocycles. The number of unbranched alkanes of at least 4 members (excludes halogenated alkanes) is 3. The van der Waals surface area contributed by atoms with Crippen LogP contribution in [0, 0.1) is 0 Å². The fourth-order valence-corrected chi connectivity index (χ4v) is 5.72. The average Bonchev–Trinajstić information content (AvgIpc) is 3.47. The molecule has 7 nitrogen and oxygen atoms in total. The van der Waals surface area contributed by atoms with Gasteiger partial charge in [0.1, 0.15) is 16.4 Å². The van der Waals surface area contributed by atoms with Crippen LogP contribution in [0.4, 0.5) is 0 Å². The van der Waals surface area contributed by atoms with Gasteiger partial charge in [-0.3, -0.25) is 4.79 Å². The number of hydrogen-bond acceptors (Lipinski definition) is 7. The number of carbonyl (C=O) groups is 1. The molecule has 0 radical (unpaired) electrons. The van der Waals surface area contributed by atoms with Crippen LogP contribution in [-0.4, -0.2) is 37.7 Å². The van der Waals surface area contributed by atoms with Gasteiger partial charge in [-0.2, -0.15) is 0 Å². The van der Waals surface area contributed by atoms with Gasteiger partial charge in [0, 0.05) is 35.5 Å². The van der Waals surface area contributed by atoms with Gasteiger partial charge < -0.3 is 10.1 Å². The predicted molar refractivity (Wildman–Crippen MR) is 184 cm³/mol. The van der Waals surface area contributed by atoms with E-state index >= 15 is 0 Å². The quantitative estimate of drug-likeness (QED) is 0.118. The summed E-state index contributed by atoms with van der Waals surface area (Å²) in [6.45, 7) is 18.8. The second-order valence-electron chi connectivity index (χ2n) is 13.5. The van der Waals surface area contributed by atoms with Crippen molar-refractivity contribution in [2.75, 3.05) is 0 Å². The molecule has 0 bridgehead atoms. The lowest BCUT2D eigenvalue weighted by Gasteiger charge is -2.28. The Morgan fingerprint density at radius 3 is 2.16 bits per heavy atom. The van der Waals surface area contributed by atoms with Gasteiger partial charge in [-0.05, 0) is 62.3 Å². The molecule has 45 heavy (non-hydrogen) atoms. The van der Waals surface area contributed by atoms with Crippen molar-refractivity contribution >= 4 is 17.2 Å². The van der Waals surface area contributed by atoms with Gasteiger partial charge in [0.05, 0.1) is 6.04 Å². The Kier molecular flexibility index (Phi) is 11.3. The average molecular weight is 626 g/mol. The Hall–Kier alpha value is -3.91. The summed E-state index contributed by atoms with van der Waals surface area (Å²) in [5, 5.41) is 13.8. The molecule has 0 aliphatic rings. The van der Waals surface area contributed by atoms with Gasteiger partial charge in [-0.1, -0.05) is 101 Å². The standard InChI is InChI=1S/C37H47N5O2S/c1-9-10-11-12-13-32-41-42-35(45-32)29-23-38-33(39-24-29)27-16-14-26(15-17-27)22-31(25(2)44-37(6,7)8)40-34(43)28-18-20-30(21-19-28)36(3,4)5/h14-21,23-24,31H,2,9-13,22H2,1,3-8H3,(H,40,43)/t31-/m0/s1. The minimum Gasteiger partial charge on any atom is -0.491 e. The first-order chi connectivity index (χ1) is 21.3. The number of aryl methyl sites for hydroxylation is 1. The molecular formula is C37H47N5O2S. The Morgan fingerprint density at radius 1 is 0.889 bits per heavy atom. The highest BCUT2D eigenvalue weighted by Crippen LogP contribution is 2.26. The number of aromatic nitrogens is 4. The van der Waals surface area contributed by atoms with E-state index in [2.05, 4.69) is 59.8 Å². The molecule has 0 saturated carbocycles. The summed E-state index contributed by atoms with van der Waals surface area (Å²) in [6.07, 6.45) is 9.96.